The summed E-state index contributed by atoms with van der Waals surface area (Å²) in [7, 11) is 0. The van der Waals surface area contributed by atoms with E-state index in [1.165, 1.54) is 36.4 Å². The number of amidine groups is 1. The maximum atomic E-state index is 13.2. The smallest absolute Gasteiger partial charge is 0.308 e. The number of amides is 1. The molecule has 9 N–H and O–H groups in total. The molecule has 0 unspecified atom stereocenters. The molecule has 2 fully saturated rings. The fraction of sp³-hybridized carbons (Fsp3) is 0.483. The first-order chi connectivity index (χ1) is 20.5. The number of aliphatic imine (C=N–C) groups is 1. The zero-order valence-corrected chi connectivity index (χ0v) is 23.5. The summed E-state index contributed by atoms with van der Waals surface area (Å²) in [6.07, 6.45) is 0.591. The van der Waals surface area contributed by atoms with Crippen molar-refractivity contribution in [1.29, 1.82) is 10.7 Å². The lowest BCUT2D eigenvalue weighted by atomic mass is 9.80. The number of esters is 1. The minimum atomic E-state index is -2.08. The molecule has 13 nitrogen and oxygen atoms in total. The third-order valence-electron chi connectivity index (χ3n) is 7.87. The molecule has 1 aliphatic heterocycles. The van der Waals surface area contributed by atoms with Crippen LogP contribution in [0.1, 0.15) is 55.5 Å². The summed E-state index contributed by atoms with van der Waals surface area (Å²) in [4.78, 5) is 32.4. The van der Waals surface area contributed by atoms with Crippen LogP contribution in [0, 0.1) is 22.6 Å². The zero-order valence-electron chi connectivity index (χ0n) is 23.5. The summed E-state index contributed by atoms with van der Waals surface area (Å²) in [6.45, 7) is -0.651. The number of benzene rings is 1. The molecule has 0 spiro atoms. The predicted octanol–water partition coefficient (Wildman–Crippen LogP) is 0.628. The molecule has 14 heteroatoms. The molecule has 1 aliphatic carbocycles. The molecule has 0 bridgehead atoms. The molecule has 230 valence electrons. The van der Waals surface area contributed by atoms with Crippen molar-refractivity contribution in [2.24, 2.45) is 16.5 Å². The molecule has 0 radical (unpaired) electrons. The van der Waals surface area contributed by atoms with E-state index in [9.17, 15) is 29.5 Å². The highest BCUT2D eigenvalue weighted by molar-refractivity contribution is 6.10. The van der Waals surface area contributed by atoms with Crippen molar-refractivity contribution in [2.45, 2.75) is 80.4 Å². The van der Waals surface area contributed by atoms with Crippen LogP contribution in [0.5, 0.6) is 0 Å². The van der Waals surface area contributed by atoms with Crippen molar-refractivity contribution in [2.75, 3.05) is 6.61 Å². The van der Waals surface area contributed by atoms with Gasteiger partial charge >= 0.3 is 5.97 Å². The van der Waals surface area contributed by atoms with Crippen LogP contribution in [0.2, 0.25) is 0 Å². The van der Waals surface area contributed by atoms with Gasteiger partial charge < -0.3 is 41.5 Å². The van der Waals surface area contributed by atoms with Crippen LogP contribution in [-0.2, 0) is 31.1 Å². The molecular weight excluding hydrogens is 561 g/mol. The number of nitrogens with zero attached hydrogens (tertiary/aromatic N) is 2. The van der Waals surface area contributed by atoms with Gasteiger partial charge in [-0.05, 0) is 49.1 Å². The predicted molar refractivity (Wildman–Crippen MR) is 152 cm³/mol. The van der Waals surface area contributed by atoms with Crippen molar-refractivity contribution in [3.63, 3.8) is 0 Å². The van der Waals surface area contributed by atoms with Crippen LogP contribution in [0.25, 0.3) is 0 Å². The van der Waals surface area contributed by atoms with Gasteiger partial charge in [-0.3, -0.25) is 15.0 Å². The van der Waals surface area contributed by atoms with Gasteiger partial charge in [-0.2, -0.15) is 5.26 Å². The van der Waals surface area contributed by atoms with E-state index in [2.05, 4.69) is 15.3 Å². The molecule has 1 aromatic heterocycles. The normalized spacial score (nSPS) is 25.9. The number of ether oxygens (including phenoxy) is 2. The number of carbonyl (C=O) groups excluding carboxylic acids is 2. The number of nitrogens with one attached hydrogen (secondary N) is 3. The fourth-order valence-corrected chi connectivity index (χ4v) is 5.54. The highest BCUT2D eigenvalue weighted by atomic mass is 19.1. The monoisotopic (exact) mass is 597 g/mol. The first-order valence-electron chi connectivity index (χ1n) is 14.0. The van der Waals surface area contributed by atoms with Gasteiger partial charge in [0.25, 0.3) is 0 Å². The summed E-state index contributed by atoms with van der Waals surface area (Å²) in [5.41, 5.74) is 10.4. The van der Waals surface area contributed by atoms with Gasteiger partial charge in [0.15, 0.2) is 11.9 Å². The quantitative estimate of drug-likeness (QED) is 0.115. The van der Waals surface area contributed by atoms with Crippen molar-refractivity contribution in [3.8, 4) is 6.07 Å². The molecule has 4 rings (SSSR count). The SMILES string of the molecule is N#C[C@@]1(c2ccc(/C(=N\C=N)NC(=O)[C@@H](N)Cc3ccc(F)cc3)[nH]2)O[C@H](CO)[C@@H](OC(=O)CC2(N)CCCCC2)[C@H]1O. The number of aromatic nitrogens is 1. The summed E-state index contributed by atoms with van der Waals surface area (Å²) in [5, 5.41) is 41.3. The van der Waals surface area contributed by atoms with Gasteiger partial charge in [-0.25, -0.2) is 9.38 Å². The Morgan fingerprint density at radius 3 is 2.60 bits per heavy atom. The Bertz CT molecular complexity index is 1380. The molecule has 43 heavy (non-hydrogen) atoms. The second-order valence-electron chi connectivity index (χ2n) is 11.0. The number of rotatable bonds is 10. The maximum absolute atomic E-state index is 13.2. The number of hydrogen-bond donors (Lipinski definition) is 7. The number of nitriles is 1. The lowest BCUT2D eigenvalue weighted by molar-refractivity contribution is -0.158. The van der Waals surface area contributed by atoms with Gasteiger partial charge in [0.1, 0.15) is 30.4 Å². The fourth-order valence-electron chi connectivity index (χ4n) is 5.54. The second-order valence-corrected chi connectivity index (χ2v) is 11.0. The molecule has 2 aromatic rings. The van der Waals surface area contributed by atoms with Crippen LogP contribution < -0.4 is 16.8 Å². The van der Waals surface area contributed by atoms with Gasteiger partial charge in [0.2, 0.25) is 11.5 Å². The van der Waals surface area contributed by atoms with Crippen molar-refractivity contribution in [1.82, 2.24) is 10.3 Å². The maximum Gasteiger partial charge on any atom is 0.308 e. The standard InChI is InChI=1S/C29H36FN7O6/c30-18-6-4-17(5-7-18)12-19(33)27(41)37-26(35-16-32)20-8-9-22(36-20)29(15-31)25(40)24(21(14-38)43-29)42-23(39)13-28(34)10-2-1-3-11-28/h4-9,16,19,21,24-25,36,38,40H,1-3,10-14,33-34H2,(H2,32,35,37,41)/t19-,21+,24+,25+,29-/m0/s1. The molecule has 1 saturated heterocycles. The number of aromatic amines is 1. The third-order valence-corrected chi connectivity index (χ3v) is 7.87. The van der Waals surface area contributed by atoms with Crippen LogP contribution >= 0.6 is 0 Å². The first-order valence-corrected chi connectivity index (χ1v) is 14.0. The average Bonchev–Trinajstić information content (AvgIpc) is 3.58. The largest absolute Gasteiger partial charge is 0.456 e. The number of halogens is 1. The number of aliphatic hydroxyl groups excluding tert-OH is 2. The van der Waals surface area contributed by atoms with E-state index >= 15 is 0 Å². The van der Waals surface area contributed by atoms with Crippen LogP contribution in [0.15, 0.2) is 41.4 Å². The molecule has 1 aromatic carbocycles. The van der Waals surface area contributed by atoms with Crippen LogP contribution in [-0.4, -0.2) is 75.7 Å². The van der Waals surface area contributed by atoms with E-state index in [1.54, 1.807) is 0 Å². The first kappa shape index (κ1) is 31.9. The molecule has 2 aliphatic rings. The minimum absolute atomic E-state index is 0.0274. The van der Waals surface area contributed by atoms with E-state index in [0.29, 0.717) is 24.7 Å². The van der Waals surface area contributed by atoms with E-state index in [1.807, 2.05) is 6.07 Å². The number of aliphatic hydroxyl groups is 2. The van der Waals surface area contributed by atoms with E-state index in [4.69, 9.17) is 26.4 Å². The Morgan fingerprint density at radius 2 is 1.98 bits per heavy atom. The number of nitrogens with two attached hydrogens (primary N) is 2. The highest BCUT2D eigenvalue weighted by Gasteiger charge is 2.59. The molecule has 1 amide bonds. The zero-order chi connectivity index (χ0) is 31.2. The molecule has 2 heterocycles. The van der Waals surface area contributed by atoms with Crippen LogP contribution in [0.3, 0.4) is 0 Å². The molecule has 1 saturated carbocycles. The summed E-state index contributed by atoms with van der Waals surface area (Å²) < 4.78 is 24.5. The topological polar surface area (TPSA) is 233 Å². The van der Waals surface area contributed by atoms with E-state index < -0.39 is 59.8 Å². The number of hydrogen-bond acceptors (Lipinski definition) is 10. The van der Waals surface area contributed by atoms with Crippen LogP contribution in [0.4, 0.5) is 4.39 Å². The van der Waals surface area contributed by atoms with Gasteiger partial charge in [-0.15, -0.1) is 0 Å². The minimum Gasteiger partial charge on any atom is -0.456 e. The van der Waals surface area contributed by atoms with Crippen molar-refractivity contribution >= 4 is 24.1 Å². The van der Waals surface area contributed by atoms with Crippen molar-refractivity contribution in [3.05, 3.63) is 59.2 Å². The highest BCUT2D eigenvalue weighted by Crippen LogP contribution is 2.41. The number of H-pyrrole nitrogens is 1. The third kappa shape index (κ3) is 7.15. The summed E-state index contributed by atoms with van der Waals surface area (Å²) in [6, 6.07) is 9.26. The van der Waals surface area contributed by atoms with Gasteiger partial charge in [0.05, 0.1) is 30.5 Å². The van der Waals surface area contributed by atoms with E-state index in [0.717, 1.165) is 19.3 Å². The Kier molecular flexibility index (Phi) is 10.0. The van der Waals surface area contributed by atoms with Gasteiger partial charge in [-0.1, -0.05) is 31.4 Å². The van der Waals surface area contributed by atoms with Gasteiger partial charge in [0, 0.05) is 5.54 Å². The lowest BCUT2D eigenvalue weighted by Gasteiger charge is -2.33. The summed E-state index contributed by atoms with van der Waals surface area (Å²) in [5.74, 6) is -1.84. The van der Waals surface area contributed by atoms with E-state index in [-0.39, 0.29) is 30.1 Å². The molecule has 5 atom stereocenters. The van der Waals surface area contributed by atoms with Crippen molar-refractivity contribution < 1.29 is 33.7 Å². The second kappa shape index (κ2) is 13.5. The Hall–Kier alpha value is -4.00. The molecular formula is C29H36FN7O6. The summed E-state index contributed by atoms with van der Waals surface area (Å²) >= 11 is 0. The Balaban J connectivity index is 1.49. The number of carbonyl (C=O) groups is 2. The Labute approximate surface area is 247 Å². The Morgan fingerprint density at radius 1 is 1.28 bits per heavy atom. The lowest BCUT2D eigenvalue weighted by Crippen LogP contribution is -2.47. The average molecular weight is 598 g/mol.